The second kappa shape index (κ2) is 8.79. The molecule has 0 amide bonds. The van der Waals surface area contributed by atoms with E-state index in [0.717, 1.165) is 27.5 Å². The van der Waals surface area contributed by atoms with E-state index in [4.69, 9.17) is 14.5 Å². The Morgan fingerprint density at radius 3 is 2.17 bits per heavy atom. The zero-order valence-corrected chi connectivity index (χ0v) is 21.3. The third kappa shape index (κ3) is 5.84. The summed E-state index contributed by atoms with van der Waals surface area (Å²) in [5.74, 6) is 1.03. The molecule has 1 atom stereocenters. The van der Waals surface area contributed by atoms with E-state index in [9.17, 15) is 4.79 Å². The number of hydrogen-bond donors (Lipinski definition) is 1. The number of para-hydroxylation sites is 1. The molecule has 0 aliphatic rings. The van der Waals surface area contributed by atoms with Crippen LogP contribution in [0.15, 0.2) is 72.8 Å². The van der Waals surface area contributed by atoms with Crippen molar-refractivity contribution < 1.29 is 9.53 Å². The third-order valence-electron chi connectivity index (χ3n) is 4.47. The van der Waals surface area contributed by atoms with Gasteiger partial charge in [0.15, 0.2) is 0 Å². The first-order chi connectivity index (χ1) is 13.6. The standard InChI is InChI=1S/C24H28IO2PS/c1-18(26)20-13-8-9-15-22(20)28-23-16-10-14-21(25(2,3,4)29)24(23)27-17-19-11-6-5-7-12-19/h5-16,28-29H,17H2,1-4H3. The van der Waals surface area contributed by atoms with Gasteiger partial charge in [-0.05, 0) is 0 Å². The van der Waals surface area contributed by atoms with Crippen molar-refractivity contribution in [2.45, 2.75) is 13.5 Å². The molecule has 0 bridgehead atoms. The van der Waals surface area contributed by atoms with E-state index < -0.39 is 15.7 Å². The number of carbonyl (C=O) groups is 1. The summed E-state index contributed by atoms with van der Waals surface area (Å²) in [4.78, 5) is 18.9. The van der Waals surface area contributed by atoms with Gasteiger partial charge in [0.05, 0.1) is 0 Å². The molecule has 0 N–H and O–H groups in total. The first-order valence-corrected chi connectivity index (χ1v) is 21.1. The Labute approximate surface area is 180 Å². The zero-order valence-electron chi connectivity index (χ0n) is 17.3. The molecule has 0 aliphatic heterocycles. The van der Waals surface area contributed by atoms with Crippen LogP contribution in [0.2, 0.25) is 0 Å². The van der Waals surface area contributed by atoms with Crippen LogP contribution in [0, 0.1) is 3.57 Å². The van der Waals surface area contributed by atoms with Crippen LogP contribution in [0.5, 0.6) is 5.75 Å². The quantitative estimate of drug-likeness (QED) is 0.140. The molecule has 3 aromatic rings. The monoisotopic (exact) mass is 538 g/mol. The SMILES string of the molecule is CC(=O)c1ccccc1Pc1cccc(I(C)(C)(C)S)c1OCc1ccccc1. The number of hydrogen-bond acceptors (Lipinski definition) is 3. The van der Waals surface area contributed by atoms with Gasteiger partial charge in [0, 0.05) is 0 Å². The normalized spacial score (nSPS) is 13.2. The average Bonchev–Trinajstić information content (AvgIpc) is 2.66. The van der Waals surface area contributed by atoms with Crippen LogP contribution in [0.25, 0.3) is 0 Å². The summed E-state index contributed by atoms with van der Waals surface area (Å²) in [5.41, 5.74) is 1.91. The summed E-state index contributed by atoms with van der Waals surface area (Å²) in [6.07, 6.45) is 0. The first kappa shape index (κ1) is 22.3. The molecule has 0 aliphatic carbocycles. The van der Waals surface area contributed by atoms with Gasteiger partial charge in [-0.2, -0.15) is 0 Å². The van der Waals surface area contributed by atoms with Gasteiger partial charge in [0.2, 0.25) is 0 Å². The van der Waals surface area contributed by atoms with Gasteiger partial charge in [-0.25, -0.2) is 0 Å². The Balaban J connectivity index is 2.05. The number of thiol groups is 1. The summed E-state index contributed by atoms with van der Waals surface area (Å²) in [7, 11) is 5.48. The topological polar surface area (TPSA) is 26.3 Å². The number of ketones is 1. The van der Waals surface area contributed by atoms with Crippen LogP contribution in [0.4, 0.5) is 0 Å². The predicted molar refractivity (Wildman–Crippen MR) is 141 cm³/mol. The predicted octanol–water partition coefficient (Wildman–Crippen LogP) is 5.58. The Morgan fingerprint density at radius 2 is 1.52 bits per heavy atom. The molecular formula is C24H28IO2PS. The number of Topliss-reactive ketones (excluding diaryl/α,β-unsaturated/α-hetero) is 1. The molecule has 3 rings (SSSR count). The summed E-state index contributed by atoms with van der Waals surface area (Å²) in [6.45, 7) is 2.14. The molecule has 0 aromatic heterocycles. The van der Waals surface area contributed by atoms with E-state index in [0.29, 0.717) is 15.2 Å². The van der Waals surface area contributed by atoms with Gasteiger partial charge in [0.25, 0.3) is 0 Å². The van der Waals surface area contributed by atoms with Gasteiger partial charge < -0.3 is 0 Å². The summed E-state index contributed by atoms with van der Waals surface area (Å²) in [6, 6.07) is 24.4. The van der Waals surface area contributed by atoms with Crippen molar-refractivity contribution in [3.8, 4) is 5.75 Å². The van der Waals surface area contributed by atoms with E-state index >= 15 is 0 Å². The molecule has 0 saturated heterocycles. The van der Waals surface area contributed by atoms with Crippen molar-refractivity contribution in [2.24, 2.45) is 0 Å². The number of ether oxygens (including phenoxy) is 1. The van der Waals surface area contributed by atoms with Crippen LogP contribution in [0.3, 0.4) is 0 Å². The average molecular weight is 538 g/mol. The van der Waals surface area contributed by atoms with Gasteiger partial charge >= 0.3 is 182 Å². The second-order valence-corrected chi connectivity index (χ2v) is 31.4. The van der Waals surface area contributed by atoms with Crippen LogP contribution < -0.4 is 15.3 Å². The van der Waals surface area contributed by atoms with Gasteiger partial charge in [-0.3, -0.25) is 0 Å². The minimum atomic E-state index is -3.04. The molecule has 0 fully saturated rings. The van der Waals surface area contributed by atoms with E-state index in [2.05, 4.69) is 45.1 Å². The summed E-state index contributed by atoms with van der Waals surface area (Å²) in [5, 5.41) is 2.18. The number of carbonyl (C=O) groups excluding carboxylic acids is 1. The molecule has 154 valence electrons. The molecule has 0 radical (unpaired) electrons. The van der Waals surface area contributed by atoms with Crippen molar-refractivity contribution in [2.75, 3.05) is 14.8 Å². The number of benzene rings is 3. The van der Waals surface area contributed by atoms with Crippen molar-refractivity contribution in [1.82, 2.24) is 0 Å². The molecular weight excluding hydrogens is 510 g/mol. The molecule has 1 unspecified atom stereocenters. The molecule has 29 heavy (non-hydrogen) atoms. The Morgan fingerprint density at radius 1 is 0.897 bits per heavy atom. The van der Waals surface area contributed by atoms with E-state index in [1.807, 2.05) is 42.5 Å². The Hall–Kier alpha value is -1.36. The van der Waals surface area contributed by atoms with Crippen molar-refractivity contribution in [3.05, 3.63) is 87.5 Å². The van der Waals surface area contributed by atoms with Crippen LogP contribution in [-0.2, 0) is 6.61 Å². The van der Waals surface area contributed by atoms with Gasteiger partial charge in [-0.1, -0.05) is 0 Å². The number of rotatable bonds is 7. The fraction of sp³-hybridized carbons (Fsp3) is 0.208. The fourth-order valence-corrected chi connectivity index (χ4v) is 9.13. The van der Waals surface area contributed by atoms with Gasteiger partial charge in [-0.15, -0.1) is 0 Å². The summed E-state index contributed by atoms with van der Waals surface area (Å²) < 4.78 is 7.66. The van der Waals surface area contributed by atoms with E-state index in [-0.39, 0.29) is 5.78 Å². The molecule has 0 spiro atoms. The molecule has 5 heteroatoms. The van der Waals surface area contributed by atoms with Gasteiger partial charge in [0.1, 0.15) is 0 Å². The van der Waals surface area contributed by atoms with Crippen molar-refractivity contribution >= 4 is 50.4 Å². The Bertz CT molecular complexity index is 1020. The number of halogens is 1. The molecule has 2 nitrogen and oxygen atoms in total. The first-order valence-electron chi connectivity index (χ1n) is 9.27. The van der Waals surface area contributed by atoms with Crippen LogP contribution in [0.1, 0.15) is 22.8 Å². The Kier molecular flexibility index (Phi) is 6.77. The minimum absolute atomic E-state index is 0.0926. The summed E-state index contributed by atoms with van der Waals surface area (Å²) >= 11 is -3.04. The molecule has 0 heterocycles. The maximum absolute atomic E-state index is 12.1. The molecule has 0 saturated carbocycles. The zero-order chi connectivity index (χ0) is 21.1. The number of alkyl halides is 3. The van der Waals surface area contributed by atoms with Crippen molar-refractivity contribution in [1.29, 1.82) is 0 Å². The third-order valence-corrected chi connectivity index (χ3v) is 11.9. The van der Waals surface area contributed by atoms with Crippen molar-refractivity contribution in [3.63, 3.8) is 0 Å². The molecule has 3 aromatic carbocycles. The maximum atomic E-state index is 12.1. The van der Waals surface area contributed by atoms with E-state index in [1.165, 1.54) is 3.57 Å². The van der Waals surface area contributed by atoms with Crippen LogP contribution >= 0.6 is 34.0 Å². The second-order valence-electron chi connectivity index (χ2n) is 7.91. The van der Waals surface area contributed by atoms with E-state index in [1.54, 1.807) is 6.92 Å². The fourth-order valence-electron chi connectivity index (χ4n) is 3.04. The van der Waals surface area contributed by atoms with Crippen LogP contribution in [-0.4, -0.2) is 20.6 Å².